The Bertz CT molecular complexity index is 1300. The van der Waals surface area contributed by atoms with E-state index in [-0.39, 0.29) is 47.9 Å². The van der Waals surface area contributed by atoms with Gasteiger partial charge in [-0.05, 0) is 46.6 Å². The van der Waals surface area contributed by atoms with Crippen LogP contribution in [0.3, 0.4) is 0 Å². The SMILES string of the molecule is COc1c(N2CCC(F)(C(C)NC(=O)OC(C)(C)C)C2)c(F)cc2c(=O)n(N)c(=O)n(C3CC3)c12. The summed E-state index contributed by atoms with van der Waals surface area (Å²) in [4.78, 5) is 39.1. The molecular formula is C23H31F2N5O5. The van der Waals surface area contributed by atoms with Crippen LogP contribution in [0.4, 0.5) is 19.3 Å². The van der Waals surface area contributed by atoms with Gasteiger partial charge in [0.05, 0.1) is 25.1 Å². The summed E-state index contributed by atoms with van der Waals surface area (Å²) in [6.45, 7) is 6.51. The fourth-order valence-electron chi connectivity index (χ4n) is 4.55. The molecule has 2 aliphatic rings. The number of alkyl carbamates (subject to hydrolysis) is 1. The number of fused-ring (bicyclic) bond motifs is 1. The van der Waals surface area contributed by atoms with Crippen molar-refractivity contribution in [1.82, 2.24) is 14.6 Å². The molecule has 0 radical (unpaired) electrons. The second-order valence-corrected chi connectivity index (χ2v) is 10.3. The molecule has 1 aliphatic heterocycles. The molecule has 1 aromatic heterocycles. The molecule has 1 saturated carbocycles. The molecule has 1 saturated heterocycles. The third-order valence-corrected chi connectivity index (χ3v) is 6.48. The Hall–Kier alpha value is -3.31. The molecule has 0 bridgehead atoms. The quantitative estimate of drug-likeness (QED) is 0.610. The molecule has 3 N–H and O–H groups in total. The summed E-state index contributed by atoms with van der Waals surface area (Å²) in [5.41, 5.74) is -4.11. The van der Waals surface area contributed by atoms with Crippen LogP contribution in [0, 0.1) is 5.82 Å². The summed E-state index contributed by atoms with van der Waals surface area (Å²) in [5, 5.41) is 2.43. The number of nitrogens with two attached hydrogens (primary N) is 1. The van der Waals surface area contributed by atoms with Crippen molar-refractivity contribution in [2.75, 3.05) is 30.9 Å². The van der Waals surface area contributed by atoms with Crippen LogP contribution in [0.5, 0.6) is 5.75 Å². The Labute approximate surface area is 200 Å². The van der Waals surface area contributed by atoms with Gasteiger partial charge in [0.25, 0.3) is 5.56 Å². The predicted octanol–water partition coefficient (Wildman–Crippen LogP) is 2.19. The highest BCUT2D eigenvalue weighted by Crippen LogP contribution is 2.44. The number of hydrogen-bond acceptors (Lipinski definition) is 7. The first kappa shape index (κ1) is 24.8. The molecule has 0 spiro atoms. The number of aromatic nitrogens is 2. The second-order valence-electron chi connectivity index (χ2n) is 10.3. The van der Waals surface area contributed by atoms with Gasteiger partial charge < -0.3 is 25.5 Å². The number of benzene rings is 1. The first-order valence-corrected chi connectivity index (χ1v) is 11.5. The molecular weight excluding hydrogens is 464 g/mol. The average Bonchev–Trinajstić information content (AvgIpc) is 3.51. The normalized spacial score (nSPS) is 21.3. The van der Waals surface area contributed by atoms with Crippen molar-refractivity contribution >= 4 is 22.7 Å². The van der Waals surface area contributed by atoms with Crippen molar-refractivity contribution in [1.29, 1.82) is 0 Å². The first-order valence-electron chi connectivity index (χ1n) is 11.5. The van der Waals surface area contributed by atoms with Gasteiger partial charge in [-0.15, -0.1) is 0 Å². The van der Waals surface area contributed by atoms with E-state index < -0.39 is 40.5 Å². The van der Waals surface area contributed by atoms with Crippen molar-refractivity contribution in [3.8, 4) is 5.75 Å². The number of carbonyl (C=O) groups is 1. The van der Waals surface area contributed by atoms with E-state index in [4.69, 9.17) is 15.3 Å². The molecule has 2 heterocycles. The van der Waals surface area contributed by atoms with Crippen molar-refractivity contribution < 1.29 is 23.0 Å². The maximum absolute atomic E-state index is 15.9. The van der Waals surface area contributed by atoms with Gasteiger partial charge in [0.2, 0.25) is 0 Å². The van der Waals surface area contributed by atoms with Gasteiger partial charge in [-0.3, -0.25) is 9.36 Å². The zero-order valence-corrected chi connectivity index (χ0v) is 20.5. The number of halogens is 2. The number of carbonyl (C=O) groups excluding carboxylic acids is 1. The number of ether oxygens (including phenoxy) is 2. The lowest BCUT2D eigenvalue weighted by atomic mass is 9.97. The van der Waals surface area contributed by atoms with Crippen LogP contribution < -0.4 is 32.0 Å². The molecule has 2 fully saturated rings. The average molecular weight is 496 g/mol. The van der Waals surface area contributed by atoms with E-state index in [0.717, 1.165) is 6.07 Å². The third kappa shape index (κ3) is 4.41. The monoisotopic (exact) mass is 495 g/mol. The molecule has 4 rings (SSSR count). The van der Waals surface area contributed by atoms with E-state index in [9.17, 15) is 14.4 Å². The second kappa shape index (κ2) is 8.42. The lowest BCUT2D eigenvalue weighted by Crippen LogP contribution is -2.51. The Morgan fingerprint density at radius 1 is 1.31 bits per heavy atom. The largest absolute Gasteiger partial charge is 0.492 e. The minimum Gasteiger partial charge on any atom is -0.492 e. The van der Waals surface area contributed by atoms with Gasteiger partial charge in [-0.2, -0.15) is 4.68 Å². The summed E-state index contributed by atoms with van der Waals surface area (Å²) in [5.74, 6) is 4.84. The Morgan fingerprint density at radius 2 is 1.97 bits per heavy atom. The molecule has 1 aliphatic carbocycles. The summed E-state index contributed by atoms with van der Waals surface area (Å²) in [6, 6.07) is -0.104. The smallest absolute Gasteiger partial charge is 0.407 e. The molecule has 1 amide bonds. The van der Waals surface area contributed by atoms with Crippen molar-refractivity contribution in [2.45, 2.75) is 70.3 Å². The Morgan fingerprint density at radius 3 is 2.54 bits per heavy atom. The van der Waals surface area contributed by atoms with Crippen LogP contribution in [0.2, 0.25) is 0 Å². The van der Waals surface area contributed by atoms with Crippen LogP contribution >= 0.6 is 0 Å². The number of alkyl halides is 1. The predicted molar refractivity (Wildman–Crippen MR) is 127 cm³/mol. The summed E-state index contributed by atoms with van der Waals surface area (Å²) >= 11 is 0. The van der Waals surface area contributed by atoms with E-state index >= 15 is 8.78 Å². The standard InChI is InChI=1S/C23H31F2N5O5/c1-12(27-20(32)35-22(2,3)4)23(25)8-9-28(11-23)17-15(24)10-14-16(18(17)34-5)29(13-6-7-13)21(33)30(26)19(14)31/h10,12-13H,6-9,11,26H2,1-5H3,(H,27,32). The van der Waals surface area contributed by atoms with Gasteiger partial charge in [-0.25, -0.2) is 18.4 Å². The van der Waals surface area contributed by atoms with Gasteiger partial charge in [0.1, 0.15) is 22.5 Å². The van der Waals surface area contributed by atoms with Gasteiger partial charge in [-0.1, -0.05) is 0 Å². The third-order valence-electron chi connectivity index (χ3n) is 6.48. The Balaban J connectivity index is 1.73. The number of anilines is 1. The van der Waals surface area contributed by atoms with Crippen LogP contribution in [0.15, 0.2) is 15.7 Å². The van der Waals surface area contributed by atoms with Gasteiger partial charge in [0.15, 0.2) is 11.6 Å². The number of nitrogens with one attached hydrogen (secondary N) is 1. The fraction of sp³-hybridized carbons (Fsp3) is 0.609. The molecule has 12 heteroatoms. The summed E-state index contributed by atoms with van der Waals surface area (Å²) in [6.07, 6.45) is 0.661. The zero-order valence-electron chi connectivity index (χ0n) is 20.5. The highest BCUT2D eigenvalue weighted by Gasteiger charge is 2.46. The molecule has 192 valence electrons. The van der Waals surface area contributed by atoms with E-state index in [0.29, 0.717) is 17.5 Å². The minimum atomic E-state index is -1.89. The van der Waals surface area contributed by atoms with Crippen LogP contribution in [-0.2, 0) is 4.74 Å². The highest BCUT2D eigenvalue weighted by atomic mass is 19.1. The maximum atomic E-state index is 15.9. The number of hydrogen-bond donors (Lipinski definition) is 2. The molecule has 2 atom stereocenters. The lowest BCUT2D eigenvalue weighted by Gasteiger charge is -2.30. The van der Waals surface area contributed by atoms with Crippen molar-refractivity contribution in [2.24, 2.45) is 0 Å². The number of nitrogens with zero attached hydrogens (tertiary/aromatic N) is 3. The Kier molecular flexibility index (Phi) is 5.97. The van der Waals surface area contributed by atoms with Crippen molar-refractivity contribution in [3.63, 3.8) is 0 Å². The number of rotatable bonds is 5. The summed E-state index contributed by atoms with van der Waals surface area (Å²) < 4.78 is 43.9. The molecule has 2 aromatic rings. The minimum absolute atomic E-state index is 0.00439. The van der Waals surface area contributed by atoms with Gasteiger partial charge >= 0.3 is 11.8 Å². The number of nitrogen functional groups attached to an aromatic ring is 1. The topological polar surface area (TPSA) is 121 Å². The zero-order chi connectivity index (χ0) is 25.9. The molecule has 2 unspecified atom stereocenters. The van der Waals surface area contributed by atoms with Crippen LogP contribution in [0.1, 0.15) is 53.0 Å². The maximum Gasteiger partial charge on any atom is 0.407 e. The first-order chi connectivity index (χ1) is 16.3. The molecule has 1 aromatic carbocycles. The number of methoxy groups -OCH3 is 1. The van der Waals surface area contributed by atoms with E-state index in [1.54, 1.807) is 20.8 Å². The van der Waals surface area contributed by atoms with Crippen molar-refractivity contribution in [3.05, 3.63) is 32.7 Å². The number of amides is 1. The van der Waals surface area contributed by atoms with Crippen LogP contribution in [-0.4, -0.2) is 52.8 Å². The lowest BCUT2D eigenvalue weighted by molar-refractivity contribution is 0.0422. The highest BCUT2D eigenvalue weighted by molar-refractivity contribution is 5.91. The summed E-state index contributed by atoms with van der Waals surface area (Å²) in [7, 11) is 1.30. The molecule has 35 heavy (non-hydrogen) atoms. The van der Waals surface area contributed by atoms with E-state index in [1.165, 1.54) is 23.5 Å². The fourth-order valence-corrected chi connectivity index (χ4v) is 4.55. The van der Waals surface area contributed by atoms with E-state index in [2.05, 4.69) is 5.32 Å². The van der Waals surface area contributed by atoms with E-state index in [1.807, 2.05) is 0 Å². The molecule has 10 nitrogen and oxygen atoms in total. The van der Waals surface area contributed by atoms with Crippen LogP contribution in [0.25, 0.3) is 10.9 Å². The van der Waals surface area contributed by atoms with Gasteiger partial charge in [0, 0.05) is 19.0 Å².